The molecule has 1 aliphatic rings. The first-order valence-corrected chi connectivity index (χ1v) is 8.80. The van der Waals surface area contributed by atoms with Crippen LogP contribution in [0.4, 0.5) is 4.39 Å². The van der Waals surface area contributed by atoms with E-state index in [0.717, 1.165) is 25.3 Å². The molecule has 1 fully saturated rings. The molecule has 1 saturated heterocycles. The molecular weight excluding hydrogens is 355 g/mol. The number of piperazine rings is 1. The van der Waals surface area contributed by atoms with E-state index in [1.54, 1.807) is 16.8 Å². The molecule has 3 aromatic rings. The minimum absolute atomic E-state index is 0.0689. The molecule has 0 spiro atoms. The second-order valence-corrected chi connectivity index (χ2v) is 6.63. The van der Waals surface area contributed by atoms with Gasteiger partial charge in [0.1, 0.15) is 5.82 Å². The normalized spacial score (nSPS) is 18.2. The second-order valence-electron chi connectivity index (χ2n) is 6.22. The van der Waals surface area contributed by atoms with Gasteiger partial charge in [-0.05, 0) is 35.9 Å². The van der Waals surface area contributed by atoms with Crippen molar-refractivity contribution in [2.24, 2.45) is 0 Å². The lowest BCUT2D eigenvalue weighted by Gasteiger charge is -2.35. The van der Waals surface area contributed by atoms with E-state index in [4.69, 9.17) is 11.6 Å². The molecule has 1 aromatic carbocycles. The molecule has 0 amide bonds. The van der Waals surface area contributed by atoms with Crippen LogP contribution in [0.1, 0.15) is 17.3 Å². The van der Waals surface area contributed by atoms with Crippen molar-refractivity contribution in [3.63, 3.8) is 0 Å². The van der Waals surface area contributed by atoms with E-state index in [2.05, 4.69) is 25.5 Å². The first kappa shape index (κ1) is 17.1. The number of nitrogens with one attached hydrogen (secondary N) is 1. The topological polar surface area (TPSA) is 58.9 Å². The molecule has 1 unspecified atom stereocenters. The predicted octanol–water partition coefficient (Wildman–Crippen LogP) is 2.60. The zero-order valence-electron chi connectivity index (χ0n) is 14.0. The number of hydrogen-bond donors (Lipinski definition) is 1. The van der Waals surface area contributed by atoms with Crippen LogP contribution in [0.25, 0.3) is 5.69 Å². The number of pyridine rings is 1. The minimum atomic E-state index is -0.447. The summed E-state index contributed by atoms with van der Waals surface area (Å²) in [4.78, 5) is 6.47. The molecular formula is C18H18ClFN6. The Morgan fingerprint density at radius 3 is 2.88 bits per heavy atom. The van der Waals surface area contributed by atoms with Crippen LogP contribution in [0.3, 0.4) is 0 Å². The average Bonchev–Trinajstić information content (AvgIpc) is 3.14. The highest BCUT2D eigenvalue weighted by molar-refractivity contribution is 6.30. The summed E-state index contributed by atoms with van der Waals surface area (Å²) < 4.78 is 15.0. The summed E-state index contributed by atoms with van der Waals surface area (Å²) in [6, 6.07) is 8.85. The van der Waals surface area contributed by atoms with Crippen molar-refractivity contribution in [3.05, 3.63) is 71.0 Å². The summed E-state index contributed by atoms with van der Waals surface area (Å²) >= 11 is 5.86. The molecule has 3 heterocycles. The Morgan fingerprint density at radius 1 is 1.23 bits per heavy atom. The Balaban J connectivity index is 1.53. The van der Waals surface area contributed by atoms with E-state index in [9.17, 15) is 4.39 Å². The molecule has 1 atom stereocenters. The van der Waals surface area contributed by atoms with Crippen molar-refractivity contribution in [2.75, 3.05) is 19.6 Å². The summed E-state index contributed by atoms with van der Waals surface area (Å²) in [5, 5.41) is 11.9. The summed E-state index contributed by atoms with van der Waals surface area (Å²) in [5.41, 5.74) is 2.76. The highest BCUT2D eigenvalue weighted by Crippen LogP contribution is 2.24. The molecule has 0 bridgehead atoms. The Morgan fingerprint density at radius 2 is 2.08 bits per heavy atom. The Bertz CT molecular complexity index is 884. The van der Waals surface area contributed by atoms with E-state index in [0.29, 0.717) is 12.2 Å². The standard InChI is InChI=1S/C18H18ClFN6/c19-16-9-15(1-2-17(16)20)26-12-14(23-24-26)11-25-8-7-22-10-18(25)13-3-5-21-6-4-13/h1-6,9,12,18,22H,7-8,10-11H2. The lowest BCUT2D eigenvalue weighted by Crippen LogP contribution is -2.45. The van der Waals surface area contributed by atoms with Gasteiger partial charge in [-0.2, -0.15) is 0 Å². The number of benzene rings is 1. The van der Waals surface area contributed by atoms with E-state index >= 15 is 0 Å². The smallest absolute Gasteiger partial charge is 0.141 e. The van der Waals surface area contributed by atoms with Gasteiger partial charge >= 0.3 is 0 Å². The average molecular weight is 373 g/mol. The molecule has 8 heteroatoms. The van der Waals surface area contributed by atoms with Crippen molar-refractivity contribution in [3.8, 4) is 5.69 Å². The SMILES string of the molecule is Fc1ccc(-n2cc(CN3CCNCC3c3ccncc3)nn2)cc1Cl. The maximum Gasteiger partial charge on any atom is 0.141 e. The quantitative estimate of drug-likeness (QED) is 0.762. The van der Waals surface area contributed by atoms with Gasteiger partial charge in [-0.1, -0.05) is 16.8 Å². The maximum absolute atomic E-state index is 13.3. The van der Waals surface area contributed by atoms with Crippen LogP contribution in [0.2, 0.25) is 5.02 Å². The minimum Gasteiger partial charge on any atom is -0.314 e. The zero-order valence-corrected chi connectivity index (χ0v) is 14.8. The summed E-state index contributed by atoms with van der Waals surface area (Å²) in [7, 11) is 0. The zero-order chi connectivity index (χ0) is 17.9. The van der Waals surface area contributed by atoms with E-state index in [1.165, 1.54) is 11.6 Å². The fourth-order valence-corrected chi connectivity index (χ4v) is 3.36. The number of hydrogen-bond acceptors (Lipinski definition) is 5. The van der Waals surface area contributed by atoms with Gasteiger partial charge in [-0.15, -0.1) is 5.10 Å². The first-order chi connectivity index (χ1) is 12.7. The van der Waals surface area contributed by atoms with Gasteiger partial charge in [-0.3, -0.25) is 9.88 Å². The third-order valence-electron chi connectivity index (χ3n) is 4.52. The second kappa shape index (κ2) is 7.49. The third-order valence-corrected chi connectivity index (χ3v) is 4.81. The lowest BCUT2D eigenvalue weighted by atomic mass is 10.0. The largest absolute Gasteiger partial charge is 0.314 e. The summed E-state index contributed by atoms with van der Waals surface area (Å²) in [5.74, 6) is -0.447. The molecule has 134 valence electrons. The van der Waals surface area contributed by atoms with Crippen LogP contribution < -0.4 is 5.32 Å². The van der Waals surface area contributed by atoms with Gasteiger partial charge in [0.25, 0.3) is 0 Å². The number of nitrogens with zero attached hydrogens (tertiary/aromatic N) is 5. The monoisotopic (exact) mass is 372 g/mol. The van der Waals surface area contributed by atoms with Crippen molar-refractivity contribution < 1.29 is 4.39 Å². The van der Waals surface area contributed by atoms with Crippen LogP contribution in [-0.4, -0.2) is 44.5 Å². The summed E-state index contributed by atoms with van der Waals surface area (Å²) in [6.07, 6.45) is 5.49. The van der Waals surface area contributed by atoms with Gasteiger partial charge in [0.05, 0.1) is 22.6 Å². The first-order valence-electron chi connectivity index (χ1n) is 8.42. The molecule has 26 heavy (non-hydrogen) atoms. The fraction of sp³-hybridized carbons (Fsp3) is 0.278. The van der Waals surface area contributed by atoms with E-state index in [-0.39, 0.29) is 11.1 Å². The van der Waals surface area contributed by atoms with E-state index < -0.39 is 5.82 Å². The van der Waals surface area contributed by atoms with Crippen LogP contribution in [-0.2, 0) is 6.54 Å². The highest BCUT2D eigenvalue weighted by atomic mass is 35.5. The highest BCUT2D eigenvalue weighted by Gasteiger charge is 2.24. The van der Waals surface area contributed by atoms with Gasteiger partial charge in [0.15, 0.2) is 0 Å². The predicted molar refractivity (Wildman–Crippen MR) is 96.6 cm³/mol. The van der Waals surface area contributed by atoms with Gasteiger partial charge < -0.3 is 5.32 Å². The number of rotatable bonds is 4. The van der Waals surface area contributed by atoms with Crippen molar-refractivity contribution >= 4 is 11.6 Å². The van der Waals surface area contributed by atoms with Crippen LogP contribution in [0, 0.1) is 5.82 Å². The Hall–Kier alpha value is -2.35. The van der Waals surface area contributed by atoms with Gasteiger partial charge in [-0.25, -0.2) is 9.07 Å². The van der Waals surface area contributed by atoms with Crippen LogP contribution in [0.5, 0.6) is 0 Å². The fourth-order valence-electron chi connectivity index (χ4n) is 3.18. The van der Waals surface area contributed by atoms with Gasteiger partial charge in [0, 0.05) is 44.6 Å². The van der Waals surface area contributed by atoms with Crippen molar-refractivity contribution in [2.45, 2.75) is 12.6 Å². The molecule has 6 nitrogen and oxygen atoms in total. The summed E-state index contributed by atoms with van der Waals surface area (Å²) in [6.45, 7) is 3.42. The van der Waals surface area contributed by atoms with Crippen molar-refractivity contribution in [1.82, 2.24) is 30.2 Å². The number of halogens is 2. The molecule has 2 aromatic heterocycles. The van der Waals surface area contributed by atoms with Crippen LogP contribution in [0.15, 0.2) is 48.9 Å². The van der Waals surface area contributed by atoms with Crippen molar-refractivity contribution in [1.29, 1.82) is 0 Å². The molecule has 1 N–H and O–H groups in total. The third kappa shape index (κ3) is 3.60. The van der Waals surface area contributed by atoms with Gasteiger partial charge in [0.2, 0.25) is 0 Å². The number of aromatic nitrogens is 4. The molecule has 4 rings (SSSR count). The molecule has 0 aliphatic carbocycles. The lowest BCUT2D eigenvalue weighted by molar-refractivity contribution is 0.152. The van der Waals surface area contributed by atoms with Crippen LogP contribution >= 0.6 is 11.6 Å². The molecule has 1 aliphatic heterocycles. The molecule has 0 saturated carbocycles. The Kier molecular flexibility index (Phi) is 4.92. The molecule has 0 radical (unpaired) electrons. The Labute approximate surface area is 155 Å². The maximum atomic E-state index is 13.3. The van der Waals surface area contributed by atoms with E-state index in [1.807, 2.05) is 30.7 Å².